The fourth-order valence-electron chi connectivity index (χ4n) is 2.90. The summed E-state index contributed by atoms with van der Waals surface area (Å²) in [6.07, 6.45) is 0.990. The summed E-state index contributed by atoms with van der Waals surface area (Å²) in [5.41, 5.74) is 5.46. The highest BCUT2D eigenvalue weighted by Gasteiger charge is 2.15. The molecule has 2 aromatic carbocycles. The van der Waals surface area contributed by atoms with E-state index in [1.54, 1.807) is 7.11 Å². The van der Waals surface area contributed by atoms with Gasteiger partial charge in [-0.2, -0.15) is 0 Å². The third-order valence-electron chi connectivity index (χ3n) is 3.94. The molecule has 0 aliphatic carbocycles. The maximum absolute atomic E-state index is 5.23. The summed E-state index contributed by atoms with van der Waals surface area (Å²) < 4.78 is 5.23. The molecule has 0 saturated carbocycles. The van der Waals surface area contributed by atoms with Crippen LogP contribution in [0.25, 0.3) is 0 Å². The number of nitrogens with one attached hydrogen (secondary N) is 1. The lowest BCUT2D eigenvalue weighted by Crippen LogP contribution is -2.24. The van der Waals surface area contributed by atoms with Crippen molar-refractivity contribution in [1.29, 1.82) is 0 Å². The van der Waals surface area contributed by atoms with Gasteiger partial charge in [0.2, 0.25) is 0 Å². The van der Waals surface area contributed by atoms with Gasteiger partial charge in [0, 0.05) is 6.04 Å². The van der Waals surface area contributed by atoms with E-state index in [4.69, 9.17) is 4.74 Å². The number of hydrogen-bond acceptors (Lipinski definition) is 2. The molecule has 1 N–H and O–H groups in total. The summed E-state index contributed by atoms with van der Waals surface area (Å²) in [5.74, 6) is 0.908. The van der Waals surface area contributed by atoms with E-state index >= 15 is 0 Å². The van der Waals surface area contributed by atoms with Crippen LogP contribution in [0.5, 0.6) is 5.75 Å². The summed E-state index contributed by atoms with van der Waals surface area (Å²) in [6.45, 7) is 7.52. The minimum absolute atomic E-state index is 0.351. The van der Waals surface area contributed by atoms with E-state index in [-0.39, 0.29) is 0 Å². The second-order valence-corrected chi connectivity index (χ2v) is 5.47. The number of aryl methyl sites for hydroxylation is 2. The lowest BCUT2D eigenvalue weighted by atomic mass is 9.91. The Labute approximate surface area is 128 Å². The van der Waals surface area contributed by atoms with Crippen LogP contribution in [-0.2, 0) is 6.42 Å². The Morgan fingerprint density at radius 2 is 1.62 bits per heavy atom. The van der Waals surface area contributed by atoms with E-state index in [1.165, 1.54) is 22.3 Å². The zero-order chi connectivity index (χ0) is 15.2. The molecule has 2 nitrogen and oxygen atoms in total. The van der Waals surface area contributed by atoms with Crippen molar-refractivity contribution in [2.75, 3.05) is 13.7 Å². The molecule has 0 aliphatic rings. The zero-order valence-corrected chi connectivity index (χ0v) is 13.4. The highest BCUT2D eigenvalue weighted by molar-refractivity contribution is 5.38. The molecule has 21 heavy (non-hydrogen) atoms. The van der Waals surface area contributed by atoms with Gasteiger partial charge < -0.3 is 10.1 Å². The Balaban J connectivity index is 2.26. The maximum Gasteiger partial charge on any atom is 0.118 e. The molecule has 0 bridgehead atoms. The first-order valence-electron chi connectivity index (χ1n) is 7.58. The van der Waals surface area contributed by atoms with Crippen molar-refractivity contribution in [2.24, 2.45) is 0 Å². The molecule has 0 aliphatic heterocycles. The number of benzene rings is 2. The van der Waals surface area contributed by atoms with Gasteiger partial charge in [0.15, 0.2) is 0 Å². The van der Waals surface area contributed by atoms with Crippen molar-refractivity contribution >= 4 is 0 Å². The first-order chi connectivity index (χ1) is 10.2. The highest BCUT2D eigenvalue weighted by atomic mass is 16.5. The van der Waals surface area contributed by atoms with E-state index in [0.29, 0.717) is 6.04 Å². The summed E-state index contributed by atoms with van der Waals surface area (Å²) in [6, 6.07) is 15.2. The van der Waals surface area contributed by atoms with Crippen molar-refractivity contribution in [2.45, 2.75) is 33.2 Å². The molecule has 0 saturated heterocycles. The topological polar surface area (TPSA) is 21.3 Å². The third-order valence-corrected chi connectivity index (χ3v) is 3.94. The van der Waals surface area contributed by atoms with E-state index in [0.717, 1.165) is 18.7 Å². The van der Waals surface area contributed by atoms with Crippen LogP contribution in [0, 0.1) is 13.8 Å². The predicted molar refractivity (Wildman–Crippen MR) is 89.0 cm³/mol. The Morgan fingerprint density at radius 1 is 1.00 bits per heavy atom. The maximum atomic E-state index is 5.23. The van der Waals surface area contributed by atoms with Crippen molar-refractivity contribution in [1.82, 2.24) is 5.32 Å². The van der Waals surface area contributed by atoms with Crippen LogP contribution in [0.2, 0.25) is 0 Å². The molecule has 2 rings (SSSR count). The van der Waals surface area contributed by atoms with E-state index in [2.05, 4.69) is 56.4 Å². The number of hydrogen-bond donors (Lipinski definition) is 1. The average molecular weight is 283 g/mol. The Kier molecular flexibility index (Phi) is 5.40. The van der Waals surface area contributed by atoms with Gasteiger partial charge in [-0.05, 0) is 61.2 Å². The van der Waals surface area contributed by atoms with Gasteiger partial charge in [0.25, 0.3) is 0 Å². The first kappa shape index (κ1) is 15.6. The second-order valence-electron chi connectivity index (χ2n) is 5.47. The summed E-state index contributed by atoms with van der Waals surface area (Å²) in [5, 5.41) is 3.63. The minimum Gasteiger partial charge on any atom is -0.497 e. The molecular weight excluding hydrogens is 258 g/mol. The Bertz CT molecular complexity index is 554. The van der Waals surface area contributed by atoms with Gasteiger partial charge >= 0.3 is 0 Å². The average Bonchev–Trinajstić information content (AvgIpc) is 2.48. The standard InChI is InChI=1S/C19H25NO/c1-5-20-18(19-14(2)7-6-8-15(19)3)13-16-9-11-17(21-4)12-10-16/h6-12,18,20H,5,13H2,1-4H3. The van der Waals surface area contributed by atoms with E-state index in [1.807, 2.05) is 12.1 Å². The summed E-state index contributed by atoms with van der Waals surface area (Å²) in [7, 11) is 1.70. The Hall–Kier alpha value is -1.80. The van der Waals surface area contributed by atoms with Gasteiger partial charge in [-0.15, -0.1) is 0 Å². The molecule has 0 aromatic heterocycles. The molecule has 1 atom stereocenters. The van der Waals surface area contributed by atoms with E-state index < -0.39 is 0 Å². The van der Waals surface area contributed by atoms with Crippen molar-refractivity contribution in [3.63, 3.8) is 0 Å². The minimum atomic E-state index is 0.351. The molecule has 1 unspecified atom stereocenters. The van der Waals surface area contributed by atoms with Crippen LogP contribution in [0.1, 0.15) is 35.2 Å². The third kappa shape index (κ3) is 3.85. The van der Waals surface area contributed by atoms with Crippen molar-refractivity contribution in [3.05, 3.63) is 64.7 Å². The lowest BCUT2D eigenvalue weighted by molar-refractivity contribution is 0.414. The number of ether oxygens (including phenoxy) is 1. The van der Waals surface area contributed by atoms with Gasteiger partial charge in [-0.25, -0.2) is 0 Å². The Morgan fingerprint density at radius 3 is 2.14 bits per heavy atom. The van der Waals surface area contributed by atoms with Crippen LogP contribution in [-0.4, -0.2) is 13.7 Å². The quantitative estimate of drug-likeness (QED) is 0.857. The van der Waals surface area contributed by atoms with Crippen LogP contribution in [0.15, 0.2) is 42.5 Å². The van der Waals surface area contributed by atoms with Crippen LogP contribution in [0.4, 0.5) is 0 Å². The van der Waals surface area contributed by atoms with Gasteiger partial charge in [-0.1, -0.05) is 37.3 Å². The lowest BCUT2D eigenvalue weighted by Gasteiger charge is -2.23. The molecule has 0 spiro atoms. The number of likely N-dealkylation sites (N-methyl/N-ethyl adjacent to an activating group) is 1. The van der Waals surface area contributed by atoms with Gasteiger partial charge in [0.1, 0.15) is 5.75 Å². The van der Waals surface area contributed by atoms with E-state index in [9.17, 15) is 0 Å². The molecule has 2 aromatic rings. The fraction of sp³-hybridized carbons (Fsp3) is 0.368. The molecule has 112 valence electrons. The molecule has 2 heteroatoms. The number of rotatable bonds is 6. The van der Waals surface area contributed by atoms with Gasteiger partial charge in [0.05, 0.1) is 7.11 Å². The van der Waals surface area contributed by atoms with Crippen LogP contribution >= 0.6 is 0 Å². The molecule has 0 fully saturated rings. The molecule has 0 amide bonds. The summed E-state index contributed by atoms with van der Waals surface area (Å²) >= 11 is 0. The first-order valence-corrected chi connectivity index (χ1v) is 7.58. The molecule has 0 radical (unpaired) electrons. The molecule has 0 heterocycles. The second kappa shape index (κ2) is 7.28. The normalized spacial score (nSPS) is 12.2. The van der Waals surface area contributed by atoms with Crippen LogP contribution in [0.3, 0.4) is 0 Å². The smallest absolute Gasteiger partial charge is 0.118 e. The van der Waals surface area contributed by atoms with Crippen LogP contribution < -0.4 is 10.1 Å². The van der Waals surface area contributed by atoms with Crippen molar-refractivity contribution in [3.8, 4) is 5.75 Å². The molecular formula is C19H25NO. The zero-order valence-electron chi connectivity index (χ0n) is 13.4. The van der Waals surface area contributed by atoms with Crippen molar-refractivity contribution < 1.29 is 4.74 Å². The number of methoxy groups -OCH3 is 1. The predicted octanol–water partition coefficient (Wildman–Crippen LogP) is 4.21. The largest absolute Gasteiger partial charge is 0.497 e. The highest BCUT2D eigenvalue weighted by Crippen LogP contribution is 2.25. The SMILES string of the molecule is CCNC(Cc1ccc(OC)cc1)c1c(C)cccc1C. The van der Waals surface area contributed by atoms with Gasteiger partial charge in [-0.3, -0.25) is 0 Å². The summed E-state index contributed by atoms with van der Waals surface area (Å²) in [4.78, 5) is 0. The fourth-order valence-corrected chi connectivity index (χ4v) is 2.90. The monoisotopic (exact) mass is 283 g/mol.